The molecule has 2 heterocycles. The largest absolute Gasteiger partial charge is 0.481 e. The molecule has 2 atom stereocenters. The number of nitrogens with two attached hydrogens (primary N) is 1. The molecule has 32 heavy (non-hydrogen) atoms. The van der Waals surface area contributed by atoms with Gasteiger partial charge in [-0.2, -0.15) is 4.98 Å². The molecule has 1 aromatic heterocycles. The van der Waals surface area contributed by atoms with Crippen LogP contribution < -0.4 is 21.9 Å². The number of thioether (sulfide) groups is 1. The molecule has 0 bridgehead atoms. The van der Waals surface area contributed by atoms with Gasteiger partial charge in [0.2, 0.25) is 5.95 Å². The summed E-state index contributed by atoms with van der Waals surface area (Å²) in [5.41, 5.74) is 6.56. The molecule has 1 aliphatic heterocycles. The smallest absolute Gasteiger partial charge is 0.326 e. The minimum absolute atomic E-state index is 0.0704. The summed E-state index contributed by atoms with van der Waals surface area (Å²) in [6, 6.07) is 5.49. The zero-order valence-corrected chi connectivity index (χ0v) is 17.8. The van der Waals surface area contributed by atoms with Gasteiger partial charge in [-0.1, -0.05) is 12.1 Å². The summed E-state index contributed by atoms with van der Waals surface area (Å²) in [5, 5.41) is 23.5. The molecule has 0 fully saturated rings. The van der Waals surface area contributed by atoms with Gasteiger partial charge < -0.3 is 26.6 Å². The number of carbonyl (C=O) groups is 3. The van der Waals surface area contributed by atoms with Crippen LogP contribution in [0.3, 0.4) is 0 Å². The Kier molecular flexibility index (Phi) is 7.36. The molecule has 0 radical (unpaired) electrons. The zero-order chi connectivity index (χ0) is 23.3. The first-order chi connectivity index (χ1) is 15.2. The fourth-order valence-electron chi connectivity index (χ4n) is 3.21. The highest BCUT2D eigenvalue weighted by atomic mass is 32.2. The van der Waals surface area contributed by atoms with Crippen LogP contribution >= 0.6 is 11.8 Å². The third-order valence-corrected chi connectivity index (χ3v) is 6.25. The summed E-state index contributed by atoms with van der Waals surface area (Å²) in [6.45, 7) is 0.640. The van der Waals surface area contributed by atoms with E-state index in [0.29, 0.717) is 23.7 Å². The second kappa shape index (κ2) is 10.2. The minimum Gasteiger partial charge on any atom is -0.481 e. The first-order valence-corrected chi connectivity index (χ1v) is 10.8. The van der Waals surface area contributed by atoms with E-state index in [1.165, 1.54) is 11.8 Å². The predicted octanol–water partition coefficient (Wildman–Crippen LogP) is 0.919. The van der Waals surface area contributed by atoms with Crippen molar-refractivity contribution in [2.24, 2.45) is 0 Å². The van der Waals surface area contributed by atoms with E-state index in [1.807, 2.05) is 0 Å². The monoisotopic (exact) mass is 461 g/mol. The Morgan fingerprint density at radius 3 is 2.62 bits per heavy atom. The van der Waals surface area contributed by atoms with E-state index >= 15 is 0 Å². The van der Waals surface area contributed by atoms with Gasteiger partial charge in [-0.3, -0.25) is 19.4 Å². The van der Waals surface area contributed by atoms with Crippen LogP contribution in [0, 0.1) is 0 Å². The molecule has 1 amide bonds. The molecule has 0 aliphatic carbocycles. The number of H-pyrrole nitrogens is 1. The number of carboxylic acids is 2. The number of carboxylic acid groups (broad SMARTS) is 2. The summed E-state index contributed by atoms with van der Waals surface area (Å²) >= 11 is 1.45. The molecule has 12 heteroatoms. The number of aliphatic carboxylic acids is 2. The number of anilines is 2. The number of carbonyl (C=O) groups excluding carboxylic acids is 1. The highest BCUT2D eigenvalue weighted by molar-refractivity contribution is 8.00. The van der Waals surface area contributed by atoms with E-state index in [2.05, 4.69) is 20.6 Å². The lowest BCUT2D eigenvalue weighted by atomic mass is 10.0. The number of hydrogen-bond acceptors (Lipinski definition) is 8. The predicted molar refractivity (Wildman–Crippen MR) is 118 cm³/mol. The van der Waals surface area contributed by atoms with Crippen molar-refractivity contribution in [3.8, 4) is 0 Å². The lowest BCUT2D eigenvalue weighted by Crippen LogP contribution is -2.41. The molecule has 11 nitrogen and oxygen atoms in total. The average Bonchev–Trinajstić information content (AvgIpc) is 2.75. The van der Waals surface area contributed by atoms with Gasteiger partial charge in [0.15, 0.2) is 0 Å². The highest BCUT2D eigenvalue weighted by Gasteiger charge is 2.24. The molecule has 1 aromatic carbocycles. The SMILES string of the molecule is Nc1nc2c(c(=O)[nH]1)SC(CCc1ccc(C(=O)NC(CCC(=O)O)C(=O)O)cc1)CN2. The molecular weight excluding hydrogens is 438 g/mol. The van der Waals surface area contributed by atoms with E-state index in [0.717, 1.165) is 12.0 Å². The normalized spacial score (nSPS) is 15.8. The molecule has 1 aliphatic rings. The lowest BCUT2D eigenvalue weighted by Gasteiger charge is -2.24. The minimum atomic E-state index is -1.28. The summed E-state index contributed by atoms with van der Waals surface area (Å²) < 4.78 is 0. The molecule has 7 N–H and O–H groups in total. The maximum Gasteiger partial charge on any atom is 0.326 e. The molecule has 0 spiro atoms. The lowest BCUT2D eigenvalue weighted by molar-refractivity contribution is -0.140. The van der Waals surface area contributed by atoms with Gasteiger partial charge in [0.25, 0.3) is 11.5 Å². The number of nitrogen functional groups attached to an aromatic ring is 1. The molecular formula is C20H23N5O6S. The Hall–Kier alpha value is -3.54. The number of nitrogens with one attached hydrogen (secondary N) is 3. The number of rotatable bonds is 9. The quantitative estimate of drug-likeness (QED) is 0.313. The Balaban J connectivity index is 1.54. The number of aromatic nitrogens is 2. The van der Waals surface area contributed by atoms with Crippen molar-refractivity contribution in [3.63, 3.8) is 0 Å². The van der Waals surface area contributed by atoms with Gasteiger partial charge in [-0.15, -0.1) is 11.8 Å². The summed E-state index contributed by atoms with van der Waals surface area (Å²) in [5.74, 6) is -2.43. The first kappa shape index (κ1) is 23.1. The van der Waals surface area contributed by atoms with Gasteiger partial charge >= 0.3 is 11.9 Å². The third-order valence-electron chi connectivity index (χ3n) is 4.90. The van der Waals surface area contributed by atoms with Gasteiger partial charge in [0, 0.05) is 23.8 Å². The number of aryl methyl sites for hydroxylation is 1. The molecule has 170 valence electrons. The average molecular weight is 462 g/mol. The van der Waals surface area contributed by atoms with Crippen LogP contribution in [0.5, 0.6) is 0 Å². The Bertz CT molecular complexity index is 1070. The van der Waals surface area contributed by atoms with E-state index in [1.54, 1.807) is 24.3 Å². The molecule has 2 aromatic rings. The van der Waals surface area contributed by atoms with Crippen LogP contribution in [0.1, 0.15) is 35.2 Å². The van der Waals surface area contributed by atoms with Crippen LogP contribution in [0.4, 0.5) is 11.8 Å². The van der Waals surface area contributed by atoms with Crippen LogP contribution in [0.25, 0.3) is 0 Å². The van der Waals surface area contributed by atoms with Crippen LogP contribution in [0.2, 0.25) is 0 Å². The molecule has 0 saturated heterocycles. The van der Waals surface area contributed by atoms with Crippen molar-refractivity contribution in [2.75, 3.05) is 17.6 Å². The number of amides is 1. The Labute approximate surface area is 186 Å². The summed E-state index contributed by atoms with van der Waals surface area (Å²) in [6.07, 6.45) is 0.940. The third kappa shape index (κ3) is 6.00. The fourth-order valence-corrected chi connectivity index (χ4v) is 4.33. The first-order valence-electron chi connectivity index (χ1n) is 9.87. The van der Waals surface area contributed by atoms with Crippen molar-refractivity contribution in [2.45, 2.75) is 41.9 Å². The summed E-state index contributed by atoms with van der Waals surface area (Å²) in [7, 11) is 0. The molecule has 0 saturated carbocycles. The Morgan fingerprint density at radius 1 is 1.25 bits per heavy atom. The number of nitrogens with zero attached hydrogens (tertiary/aromatic N) is 1. The van der Waals surface area contributed by atoms with Crippen molar-refractivity contribution >= 4 is 41.4 Å². The van der Waals surface area contributed by atoms with E-state index < -0.39 is 23.9 Å². The molecule has 3 rings (SSSR count). The fraction of sp³-hybridized carbons (Fsp3) is 0.350. The maximum absolute atomic E-state index is 12.3. The van der Waals surface area contributed by atoms with E-state index in [9.17, 15) is 19.2 Å². The van der Waals surface area contributed by atoms with Gasteiger partial charge in [0.05, 0.1) is 0 Å². The topological polar surface area (TPSA) is 187 Å². The maximum atomic E-state index is 12.3. The van der Waals surface area contributed by atoms with Crippen molar-refractivity contribution in [1.29, 1.82) is 0 Å². The van der Waals surface area contributed by atoms with Crippen LogP contribution in [-0.2, 0) is 16.0 Å². The van der Waals surface area contributed by atoms with E-state index in [4.69, 9.17) is 15.9 Å². The van der Waals surface area contributed by atoms with Gasteiger partial charge in [0.1, 0.15) is 16.8 Å². The second-order valence-electron chi connectivity index (χ2n) is 7.28. The number of fused-ring (bicyclic) bond motifs is 1. The standard InChI is InChI=1S/C20H23N5O6S/c21-20-24-16-15(18(29)25-20)32-12(9-22-16)6-3-10-1-4-11(5-2-10)17(28)23-13(19(30)31)7-8-14(26)27/h1-2,4-5,12-13H,3,6-9H2,(H,23,28)(H,26,27)(H,30,31)(H4,21,22,24,25,29). The van der Waals surface area contributed by atoms with Crippen LogP contribution in [-0.4, -0.2) is 55.9 Å². The number of hydrogen-bond donors (Lipinski definition) is 6. The van der Waals surface area contributed by atoms with Crippen molar-refractivity contribution in [3.05, 3.63) is 45.7 Å². The van der Waals surface area contributed by atoms with Crippen LogP contribution in [0.15, 0.2) is 34.0 Å². The van der Waals surface area contributed by atoms with Gasteiger partial charge in [-0.25, -0.2) is 4.79 Å². The Morgan fingerprint density at radius 2 is 1.97 bits per heavy atom. The van der Waals surface area contributed by atoms with Crippen molar-refractivity contribution in [1.82, 2.24) is 15.3 Å². The number of benzene rings is 1. The molecule has 2 unspecified atom stereocenters. The van der Waals surface area contributed by atoms with Gasteiger partial charge in [-0.05, 0) is 37.0 Å². The van der Waals surface area contributed by atoms with E-state index in [-0.39, 0.29) is 35.2 Å². The summed E-state index contributed by atoms with van der Waals surface area (Å²) in [4.78, 5) is 53.4. The zero-order valence-electron chi connectivity index (χ0n) is 17.0. The number of aromatic amines is 1. The highest BCUT2D eigenvalue weighted by Crippen LogP contribution is 2.33. The second-order valence-corrected chi connectivity index (χ2v) is 8.59. The van der Waals surface area contributed by atoms with Crippen molar-refractivity contribution < 1.29 is 24.6 Å².